The van der Waals surface area contributed by atoms with Crippen LogP contribution in [0.3, 0.4) is 0 Å². The number of aryl methyl sites for hydroxylation is 1. The molecule has 0 N–H and O–H groups in total. The van der Waals surface area contributed by atoms with E-state index in [9.17, 15) is 9.90 Å². The number of carboxylic acids is 1. The highest BCUT2D eigenvalue weighted by Gasteiger charge is 2.15. The second-order valence-corrected chi connectivity index (χ2v) is 5.31. The van der Waals surface area contributed by atoms with Crippen LogP contribution >= 0.6 is 0 Å². The summed E-state index contributed by atoms with van der Waals surface area (Å²) >= 11 is 0. The SMILES string of the molecule is Cc1ccc(N(c2ccccc2)c2ccccc2C(=O)[O-])cc1. The Labute approximate surface area is 135 Å². The molecule has 3 rings (SSSR count). The van der Waals surface area contributed by atoms with Crippen molar-refractivity contribution < 1.29 is 9.90 Å². The van der Waals surface area contributed by atoms with Gasteiger partial charge in [0.25, 0.3) is 0 Å². The molecule has 0 aromatic heterocycles. The number of benzene rings is 3. The molecule has 23 heavy (non-hydrogen) atoms. The summed E-state index contributed by atoms with van der Waals surface area (Å²) in [5.74, 6) is -1.19. The zero-order valence-corrected chi connectivity index (χ0v) is 12.8. The van der Waals surface area contributed by atoms with Crippen LogP contribution in [0, 0.1) is 6.92 Å². The maximum absolute atomic E-state index is 11.5. The monoisotopic (exact) mass is 302 g/mol. The minimum atomic E-state index is -1.19. The van der Waals surface area contributed by atoms with Gasteiger partial charge in [-0.05, 0) is 37.3 Å². The summed E-state index contributed by atoms with van der Waals surface area (Å²) in [6.07, 6.45) is 0. The Morgan fingerprint density at radius 3 is 2.00 bits per heavy atom. The largest absolute Gasteiger partial charge is 0.545 e. The summed E-state index contributed by atoms with van der Waals surface area (Å²) in [7, 11) is 0. The predicted molar refractivity (Wildman–Crippen MR) is 90.2 cm³/mol. The van der Waals surface area contributed by atoms with E-state index in [-0.39, 0.29) is 5.56 Å². The van der Waals surface area contributed by atoms with Crippen LogP contribution in [0.1, 0.15) is 15.9 Å². The molecular formula is C20H16NO2-. The van der Waals surface area contributed by atoms with Gasteiger partial charge in [-0.25, -0.2) is 0 Å². The van der Waals surface area contributed by atoms with Crippen LogP contribution in [-0.4, -0.2) is 5.97 Å². The van der Waals surface area contributed by atoms with Crippen molar-refractivity contribution in [3.05, 3.63) is 90.0 Å². The van der Waals surface area contributed by atoms with Crippen molar-refractivity contribution in [1.29, 1.82) is 0 Å². The van der Waals surface area contributed by atoms with E-state index in [1.807, 2.05) is 72.5 Å². The molecule has 3 aromatic rings. The Kier molecular flexibility index (Phi) is 4.11. The van der Waals surface area contributed by atoms with Crippen LogP contribution in [0.15, 0.2) is 78.9 Å². The summed E-state index contributed by atoms with van der Waals surface area (Å²) in [6, 6.07) is 24.5. The third-order valence-electron chi connectivity index (χ3n) is 3.67. The van der Waals surface area contributed by atoms with Gasteiger partial charge in [0.15, 0.2) is 0 Å². The van der Waals surface area contributed by atoms with Crippen LogP contribution in [0.4, 0.5) is 17.1 Å². The minimum Gasteiger partial charge on any atom is -0.545 e. The van der Waals surface area contributed by atoms with E-state index in [1.54, 1.807) is 18.2 Å². The molecule has 3 aromatic carbocycles. The lowest BCUT2D eigenvalue weighted by atomic mass is 10.1. The molecule has 0 bridgehead atoms. The number of nitrogens with zero attached hydrogens (tertiary/aromatic N) is 1. The summed E-state index contributed by atoms with van der Waals surface area (Å²) in [6.45, 7) is 2.02. The number of hydrogen-bond donors (Lipinski definition) is 0. The van der Waals surface area contributed by atoms with E-state index in [1.165, 1.54) is 0 Å². The molecule has 3 nitrogen and oxygen atoms in total. The van der Waals surface area contributed by atoms with Crippen molar-refractivity contribution in [1.82, 2.24) is 0 Å². The maximum Gasteiger partial charge on any atom is 0.0736 e. The fourth-order valence-electron chi connectivity index (χ4n) is 2.54. The average Bonchev–Trinajstić information content (AvgIpc) is 2.58. The standard InChI is InChI=1S/C20H17NO2/c1-15-11-13-17(14-12-15)21(16-7-3-2-4-8-16)19-10-6-5-9-18(19)20(22)23/h2-14H,1H3,(H,22,23)/p-1. The second-order valence-electron chi connectivity index (χ2n) is 5.31. The molecular weight excluding hydrogens is 286 g/mol. The molecule has 0 aliphatic rings. The number of anilines is 3. The molecule has 0 aliphatic carbocycles. The van der Waals surface area contributed by atoms with Crippen LogP contribution in [0.25, 0.3) is 0 Å². The molecule has 114 valence electrons. The molecule has 0 unspecified atom stereocenters. The number of rotatable bonds is 4. The van der Waals surface area contributed by atoms with Gasteiger partial charge in [-0.3, -0.25) is 0 Å². The van der Waals surface area contributed by atoms with E-state index >= 15 is 0 Å². The van der Waals surface area contributed by atoms with Gasteiger partial charge < -0.3 is 14.8 Å². The third-order valence-corrected chi connectivity index (χ3v) is 3.67. The zero-order chi connectivity index (χ0) is 16.2. The first-order valence-corrected chi connectivity index (χ1v) is 7.39. The van der Waals surface area contributed by atoms with Gasteiger partial charge in [0.05, 0.1) is 11.7 Å². The van der Waals surface area contributed by atoms with Crippen molar-refractivity contribution in [3.8, 4) is 0 Å². The third kappa shape index (κ3) is 3.09. The summed E-state index contributed by atoms with van der Waals surface area (Å²) in [5, 5.41) is 11.5. The Morgan fingerprint density at radius 2 is 1.35 bits per heavy atom. The predicted octanol–water partition coefficient (Wildman–Crippen LogP) is 3.83. The molecule has 0 saturated carbocycles. The highest BCUT2D eigenvalue weighted by atomic mass is 16.4. The van der Waals surface area contributed by atoms with Gasteiger partial charge in [-0.2, -0.15) is 0 Å². The lowest BCUT2D eigenvalue weighted by Gasteiger charge is -2.28. The fraction of sp³-hybridized carbons (Fsp3) is 0.0500. The Morgan fingerprint density at radius 1 is 0.783 bits per heavy atom. The normalized spacial score (nSPS) is 10.3. The first-order chi connectivity index (χ1) is 11.2. The summed E-state index contributed by atoms with van der Waals surface area (Å²) < 4.78 is 0. The lowest BCUT2D eigenvalue weighted by Crippen LogP contribution is -2.25. The van der Waals surface area contributed by atoms with Crippen LogP contribution in [0.2, 0.25) is 0 Å². The fourth-order valence-corrected chi connectivity index (χ4v) is 2.54. The number of aromatic carboxylic acids is 1. The number of carboxylic acid groups (broad SMARTS) is 1. The number of hydrogen-bond acceptors (Lipinski definition) is 3. The lowest BCUT2D eigenvalue weighted by molar-refractivity contribution is -0.254. The summed E-state index contributed by atoms with van der Waals surface area (Å²) in [5.41, 5.74) is 3.69. The van der Waals surface area contributed by atoms with Gasteiger partial charge in [-0.15, -0.1) is 0 Å². The molecule has 3 heteroatoms. The smallest absolute Gasteiger partial charge is 0.0736 e. The topological polar surface area (TPSA) is 43.4 Å². The van der Waals surface area contributed by atoms with Gasteiger partial charge in [0.1, 0.15) is 0 Å². The van der Waals surface area contributed by atoms with Gasteiger partial charge in [0, 0.05) is 16.9 Å². The molecule has 0 atom stereocenters. The minimum absolute atomic E-state index is 0.164. The zero-order valence-electron chi connectivity index (χ0n) is 12.8. The molecule has 0 radical (unpaired) electrons. The van der Waals surface area contributed by atoms with Gasteiger partial charge in [0.2, 0.25) is 0 Å². The van der Waals surface area contributed by atoms with E-state index in [2.05, 4.69) is 0 Å². The number of para-hydroxylation sites is 2. The Hall–Kier alpha value is -3.07. The van der Waals surface area contributed by atoms with Crippen molar-refractivity contribution in [2.75, 3.05) is 4.90 Å². The Bertz CT molecular complexity index is 811. The van der Waals surface area contributed by atoms with E-state index in [0.29, 0.717) is 5.69 Å². The molecule has 0 amide bonds. The summed E-state index contributed by atoms with van der Waals surface area (Å²) in [4.78, 5) is 13.4. The highest BCUT2D eigenvalue weighted by Crippen LogP contribution is 2.36. The van der Waals surface area contributed by atoms with Gasteiger partial charge in [-0.1, -0.05) is 54.1 Å². The molecule has 0 aliphatic heterocycles. The second kappa shape index (κ2) is 6.36. The van der Waals surface area contributed by atoms with E-state index in [0.717, 1.165) is 16.9 Å². The van der Waals surface area contributed by atoms with E-state index < -0.39 is 5.97 Å². The van der Waals surface area contributed by atoms with Crippen LogP contribution in [-0.2, 0) is 0 Å². The Balaban J connectivity index is 2.21. The number of carbonyl (C=O) groups excluding carboxylic acids is 1. The van der Waals surface area contributed by atoms with Gasteiger partial charge >= 0.3 is 0 Å². The number of carbonyl (C=O) groups is 1. The van der Waals surface area contributed by atoms with Crippen molar-refractivity contribution in [2.45, 2.75) is 6.92 Å². The first kappa shape index (κ1) is 14.9. The molecule has 0 spiro atoms. The van der Waals surface area contributed by atoms with Crippen molar-refractivity contribution in [3.63, 3.8) is 0 Å². The molecule has 0 saturated heterocycles. The van der Waals surface area contributed by atoms with Crippen molar-refractivity contribution in [2.24, 2.45) is 0 Å². The van der Waals surface area contributed by atoms with Crippen LogP contribution < -0.4 is 10.0 Å². The van der Waals surface area contributed by atoms with E-state index in [4.69, 9.17) is 0 Å². The van der Waals surface area contributed by atoms with Crippen molar-refractivity contribution >= 4 is 23.0 Å². The molecule has 0 heterocycles. The maximum atomic E-state index is 11.5. The average molecular weight is 302 g/mol. The quantitative estimate of drug-likeness (QED) is 0.735. The van der Waals surface area contributed by atoms with Crippen LogP contribution in [0.5, 0.6) is 0 Å². The first-order valence-electron chi connectivity index (χ1n) is 7.39. The highest BCUT2D eigenvalue weighted by molar-refractivity contribution is 5.96. The molecule has 0 fully saturated rings.